The summed E-state index contributed by atoms with van der Waals surface area (Å²) in [7, 11) is 0. The van der Waals surface area contributed by atoms with Crippen molar-refractivity contribution in [1.29, 1.82) is 5.41 Å². The Morgan fingerprint density at radius 3 is 2.70 bits per heavy atom. The number of rotatable bonds is 9. The van der Waals surface area contributed by atoms with Gasteiger partial charge in [0.1, 0.15) is 16.9 Å². The second kappa shape index (κ2) is 10.3. The SMILES string of the molecule is CC(C)(C)OC(=O)NC/C=C/Cn1c(=N)sc2cc(C(N)=O)cc(OCCCO)c21. The van der Waals surface area contributed by atoms with E-state index in [9.17, 15) is 9.59 Å². The summed E-state index contributed by atoms with van der Waals surface area (Å²) in [5, 5.41) is 19.9. The molecule has 0 spiro atoms. The van der Waals surface area contributed by atoms with Gasteiger partial charge in [-0.2, -0.15) is 0 Å². The van der Waals surface area contributed by atoms with Crippen LogP contribution in [-0.2, 0) is 11.3 Å². The van der Waals surface area contributed by atoms with E-state index in [0.29, 0.717) is 34.5 Å². The Morgan fingerprint density at radius 2 is 2.07 bits per heavy atom. The molecule has 0 aliphatic carbocycles. The third-order valence-electron chi connectivity index (χ3n) is 3.82. The molecule has 0 radical (unpaired) electrons. The zero-order valence-electron chi connectivity index (χ0n) is 17.4. The van der Waals surface area contributed by atoms with E-state index in [1.54, 1.807) is 43.5 Å². The molecule has 0 aliphatic heterocycles. The quantitative estimate of drug-likeness (QED) is 0.352. The van der Waals surface area contributed by atoms with E-state index < -0.39 is 17.6 Å². The van der Waals surface area contributed by atoms with Crippen molar-refractivity contribution < 1.29 is 24.2 Å². The van der Waals surface area contributed by atoms with E-state index >= 15 is 0 Å². The fourth-order valence-corrected chi connectivity index (χ4v) is 3.56. The van der Waals surface area contributed by atoms with Crippen LogP contribution in [0, 0.1) is 5.41 Å². The highest BCUT2D eigenvalue weighted by Gasteiger charge is 2.16. The summed E-state index contributed by atoms with van der Waals surface area (Å²) in [4.78, 5) is 23.6. The molecule has 0 atom stereocenters. The number of aliphatic hydroxyl groups excluding tert-OH is 1. The maximum atomic E-state index is 11.7. The lowest BCUT2D eigenvalue weighted by Crippen LogP contribution is -2.32. The number of carbonyl (C=O) groups is 2. The first-order valence-electron chi connectivity index (χ1n) is 9.49. The third kappa shape index (κ3) is 6.60. The number of nitrogens with one attached hydrogen (secondary N) is 2. The lowest BCUT2D eigenvalue weighted by atomic mass is 10.2. The molecular formula is C20H28N4O5S. The Bertz CT molecular complexity index is 987. The highest BCUT2D eigenvalue weighted by Crippen LogP contribution is 2.30. The van der Waals surface area contributed by atoms with Crippen LogP contribution in [0.25, 0.3) is 10.2 Å². The minimum Gasteiger partial charge on any atom is -0.491 e. The van der Waals surface area contributed by atoms with Crippen LogP contribution in [-0.4, -0.2) is 47.0 Å². The number of alkyl carbamates (subject to hydrolysis) is 1. The molecule has 5 N–H and O–H groups in total. The number of benzene rings is 1. The van der Waals surface area contributed by atoms with Crippen molar-refractivity contribution in [1.82, 2.24) is 9.88 Å². The van der Waals surface area contributed by atoms with Gasteiger partial charge in [0, 0.05) is 31.7 Å². The van der Waals surface area contributed by atoms with Crippen molar-refractivity contribution in [2.24, 2.45) is 5.73 Å². The molecule has 30 heavy (non-hydrogen) atoms. The first-order chi connectivity index (χ1) is 14.1. The summed E-state index contributed by atoms with van der Waals surface area (Å²) in [6.45, 7) is 6.30. The highest BCUT2D eigenvalue weighted by atomic mass is 32.1. The van der Waals surface area contributed by atoms with Gasteiger partial charge < -0.3 is 30.2 Å². The minimum absolute atomic E-state index is 0.0145. The number of hydrogen-bond donors (Lipinski definition) is 4. The van der Waals surface area contributed by atoms with Crippen LogP contribution in [0.3, 0.4) is 0 Å². The largest absolute Gasteiger partial charge is 0.491 e. The summed E-state index contributed by atoms with van der Waals surface area (Å²) in [6.07, 6.45) is 3.53. The number of carbonyl (C=O) groups excluding carboxylic acids is 2. The number of aliphatic hydroxyl groups is 1. The summed E-state index contributed by atoms with van der Waals surface area (Å²) < 4.78 is 13.4. The van der Waals surface area contributed by atoms with Crippen LogP contribution in [0.5, 0.6) is 5.75 Å². The number of fused-ring (bicyclic) bond motifs is 1. The molecule has 10 heteroatoms. The highest BCUT2D eigenvalue weighted by molar-refractivity contribution is 7.16. The smallest absolute Gasteiger partial charge is 0.407 e. The van der Waals surface area contributed by atoms with Crippen molar-refractivity contribution in [2.75, 3.05) is 19.8 Å². The number of allylic oxidation sites excluding steroid dienone is 1. The fourth-order valence-electron chi connectivity index (χ4n) is 2.58. The first-order valence-corrected chi connectivity index (χ1v) is 10.3. The van der Waals surface area contributed by atoms with Gasteiger partial charge in [-0.3, -0.25) is 10.2 Å². The Labute approximate surface area is 178 Å². The number of primary amides is 1. The Hall–Kier alpha value is -2.85. The van der Waals surface area contributed by atoms with Crippen LogP contribution in [0.1, 0.15) is 37.6 Å². The van der Waals surface area contributed by atoms with Crippen LogP contribution in [0.2, 0.25) is 0 Å². The zero-order chi connectivity index (χ0) is 22.3. The molecule has 2 amide bonds. The molecule has 0 saturated heterocycles. The van der Waals surface area contributed by atoms with E-state index in [0.717, 1.165) is 0 Å². The lowest BCUT2D eigenvalue weighted by Gasteiger charge is -2.19. The molecule has 2 aromatic rings. The first kappa shape index (κ1) is 23.4. The van der Waals surface area contributed by atoms with Gasteiger partial charge in [-0.05, 0) is 32.9 Å². The van der Waals surface area contributed by atoms with E-state index in [-0.39, 0.29) is 24.6 Å². The van der Waals surface area contributed by atoms with Gasteiger partial charge in [-0.1, -0.05) is 23.5 Å². The van der Waals surface area contributed by atoms with Crippen molar-refractivity contribution in [3.8, 4) is 5.75 Å². The van der Waals surface area contributed by atoms with Crippen LogP contribution < -0.4 is 20.6 Å². The van der Waals surface area contributed by atoms with Gasteiger partial charge in [0.15, 0.2) is 4.80 Å². The third-order valence-corrected chi connectivity index (χ3v) is 4.77. The second-order valence-corrected chi connectivity index (χ2v) is 8.51. The molecule has 164 valence electrons. The van der Waals surface area contributed by atoms with E-state index in [1.807, 2.05) is 6.08 Å². The molecule has 0 fully saturated rings. The van der Waals surface area contributed by atoms with Crippen molar-refractivity contribution in [3.05, 3.63) is 34.6 Å². The zero-order valence-corrected chi connectivity index (χ0v) is 18.2. The maximum Gasteiger partial charge on any atom is 0.407 e. The average molecular weight is 437 g/mol. The van der Waals surface area contributed by atoms with Gasteiger partial charge in [-0.25, -0.2) is 4.79 Å². The number of nitrogens with two attached hydrogens (primary N) is 1. The van der Waals surface area contributed by atoms with E-state index in [4.69, 9.17) is 25.7 Å². The number of hydrogen-bond acceptors (Lipinski definition) is 7. The summed E-state index contributed by atoms with van der Waals surface area (Å²) in [6, 6.07) is 3.20. The fraction of sp³-hybridized carbons (Fsp3) is 0.450. The number of aromatic nitrogens is 1. The molecular weight excluding hydrogens is 408 g/mol. The molecule has 1 heterocycles. The van der Waals surface area contributed by atoms with Gasteiger partial charge in [0.05, 0.1) is 11.3 Å². The lowest BCUT2D eigenvalue weighted by molar-refractivity contribution is 0.0534. The predicted octanol–water partition coefficient (Wildman–Crippen LogP) is 2.12. The van der Waals surface area contributed by atoms with Crippen LogP contribution in [0.15, 0.2) is 24.3 Å². The molecule has 0 aliphatic rings. The molecule has 0 saturated carbocycles. The number of ether oxygens (including phenoxy) is 2. The van der Waals surface area contributed by atoms with Crippen LogP contribution >= 0.6 is 11.3 Å². The standard InChI is InChI=1S/C20H28N4O5S/c1-20(2,3)29-19(27)23-7-4-5-8-24-16-14(28-10-6-9-25)11-13(17(21)26)12-15(16)30-18(24)22/h4-5,11-12,22,25H,6-10H2,1-3H3,(H2,21,26)(H,23,27)/b5-4+,22-18?. The topological polar surface area (TPSA) is 140 Å². The second-order valence-electron chi connectivity index (χ2n) is 7.48. The molecule has 0 unspecified atom stereocenters. The predicted molar refractivity (Wildman–Crippen MR) is 115 cm³/mol. The van der Waals surface area contributed by atoms with Crippen molar-refractivity contribution in [3.63, 3.8) is 0 Å². The van der Waals surface area contributed by atoms with E-state index in [1.165, 1.54) is 11.3 Å². The summed E-state index contributed by atoms with van der Waals surface area (Å²) >= 11 is 1.21. The maximum absolute atomic E-state index is 11.7. The molecule has 2 rings (SSSR count). The Balaban J connectivity index is 2.18. The number of amides is 2. The van der Waals surface area contributed by atoms with Crippen molar-refractivity contribution >= 4 is 33.6 Å². The number of thiazole rings is 1. The molecule has 1 aromatic carbocycles. The van der Waals surface area contributed by atoms with Gasteiger partial charge in [-0.15, -0.1) is 0 Å². The Morgan fingerprint density at radius 1 is 1.33 bits per heavy atom. The Kier molecular flexibility index (Phi) is 8.01. The van der Waals surface area contributed by atoms with Crippen LogP contribution in [0.4, 0.5) is 4.79 Å². The monoisotopic (exact) mass is 436 g/mol. The normalized spacial score (nSPS) is 11.7. The van der Waals surface area contributed by atoms with E-state index in [2.05, 4.69) is 5.32 Å². The van der Waals surface area contributed by atoms with Gasteiger partial charge >= 0.3 is 6.09 Å². The summed E-state index contributed by atoms with van der Waals surface area (Å²) in [5.41, 5.74) is 5.83. The average Bonchev–Trinajstić information content (AvgIpc) is 2.95. The summed E-state index contributed by atoms with van der Waals surface area (Å²) in [5.74, 6) is -0.145. The number of nitrogens with zero attached hydrogens (tertiary/aromatic N) is 1. The molecule has 1 aromatic heterocycles. The molecule has 9 nitrogen and oxygen atoms in total. The van der Waals surface area contributed by atoms with Crippen molar-refractivity contribution in [2.45, 2.75) is 39.3 Å². The van der Waals surface area contributed by atoms with Gasteiger partial charge in [0.2, 0.25) is 5.91 Å². The van der Waals surface area contributed by atoms with Gasteiger partial charge in [0.25, 0.3) is 0 Å². The molecule has 0 bridgehead atoms. The minimum atomic E-state index is -0.580.